The van der Waals surface area contributed by atoms with Crippen molar-refractivity contribution in [2.75, 3.05) is 13.2 Å². The lowest BCUT2D eigenvalue weighted by Gasteiger charge is -2.26. The highest BCUT2D eigenvalue weighted by Gasteiger charge is 2.46. The Kier molecular flexibility index (Phi) is 5.13. The monoisotopic (exact) mass is 464 g/mol. The zero-order valence-electron chi connectivity index (χ0n) is 16.8. The van der Waals surface area contributed by atoms with E-state index in [1.54, 1.807) is 23.1 Å². The van der Waals surface area contributed by atoms with Crippen LogP contribution in [-0.4, -0.2) is 52.2 Å². The number of alkyl halides is 2. The molecule has 3 heterocycles. The van der Waals surface area contributed by atoms with E-state index < -0.39 is 18.1 Å². The lowest BCUT2D eigenvalue weighted by molar-refractivity contribution is -0.135. The summed E-state index contributed by atoms with van der Waals surface area (Å²) in [6, 6.07) is 7.08. The minimum absolute atomic E-state index is 0.0134. The number of amides is 2. The highest BCUT2D eigenvalue weighted by molar-refractivity contribution is 6.35. The zero-order valence-corrected chi connectivity index (χ0v) is 17.5. The first-order valence-electron chi connectivity index (χ1n) is 10.1. The van der Waals surface area contributed by atoms with Crippen LogP contribution in [0.5, 0.6) is 0 Å². The van der Waals surface area contributed by atoms with Gasteiger partial charge in [0.2, 0.25) is 5.76 Å². The van der Waals surface area contributed by atoms with Gasteiger partial charge in [0.1, 0.15) is 5.69 Å². The van der Waals surface area contributed by atoms with Crippen molar-refractivity contribution in [2.45, 2.75) is 38.0 Å². The Hall–Kier alpha value is -2.98. The number of nitrogens with one attached hydrogen (secondary N) is 2. The molecule has 1 aliphatic heterocycles. The molecule has 8 nitrogen and oxygen atoms in total. The second-order valence-electron chi connectivity index (χ2n) is 8.10. The summed E-state index contributed by atoms with van der Waals surface area (Å²) in [5.74, 6) is -0.805. The third-order valence-corrected chi connectivity index (χ3v) is 6.22. The smallest absolute Gasteiger partial charge is 0.345 e. The Morgan fingerprint density at radius 3 is 2.91 bits per heavy atom. The maximum Gasteiger partial charge on any atom is 0.345 e. The van der Waals surface area contributed by atoms with Crippen LogP contribution in [0.2, 0.25) is 5.02 Å². The van der Waals surface area contributed by atoms with E-state index in [2.05, 4.69) is 20.2 Å². The van der Waals surface area contributed by atoms with E-state index in [4.69, 9.17) is 16.1 Å². The summed E-state index contributed by atoms with van der Waals surface area (Å²) in [5.41, 5.74) is 1.44. The Bertz CT molecular complexity index is 1200. The molecule has 2 N–H and O–H groups in total. The maximum absolute atomic E-state index is 13.1. The average Bonchev–Trinajstić information content (AvgIpc) is 3.20. The summed E-state index contributed by atoms with van der Waals surface area (Å²) in [7, 11) is 0. The minimum Gasteiger partial charge on any atom is -0.350 e. The van der Waals surface area contributed by atoms with Gasteiger partial charge in [0.25, 0.3) is 11.8 Å². The number of aromatic nitrogens is 2. The fraction of sp³-hybridized carbons (Fsp3) is 0.381. The molecule has 0 saturated heterocycles. The molecule has 11 heteroatoms. The highest BCUT2D eigenvalue weighted by atomic mass is 35.5. The number of carbonyl (C=O) groups is 2. The zero-order chi connectivity index (χ0) is 22.5. The summed E-state index contributed by atoms with van der Waals surface area (Å²) in [6.07, 6.45) is 1.50. The van der Waals surface area contributed by atoms with Gasteiger partial charge in [-0.15, -0.1) is 0 Å². The number of hydrogen-bond acceptors (Lipinski definition) is 5. The number of rotatable bonds is 6. The molecular formula is C21H19ClF2N4O4. The molecular weight excluding hydrogens is 446 g/mol. The van der Waals surface area contributed by atoms with Crippen LogP contribution in [0.25, 0.3) is 10.9 Å². The summed E-state index contributed by atoms with van der Waals surface area (Å²) in [5, 5.41) is 7.98. The largest absolute Gasteiger partial charge is 0.350 e. The summed E-state index contributed by atoms with van der Waals surface area (Å²) < 4.78 is 34.4. The fourth-order valence-corrected chi connectivity index (χ4v) is 4.17. The number of carbonyl (C=O) groups excluding carboxylic acids is 2. The quantitative estimate of drug-likeness (QED) is 0.581. The molecule has 2 aliphatic rings. The second-order valence-corrected chi connectivity index (χ2v) is 8.51. The van der Waals surface area contributed by atoms with E-state index in [0.717, 1.165) is 10.9 Å². The molecule has 1 aromatic carbocycles. The number of nitrogens with zero attached hydrogens (tertiary/aromatic N) is 2. The second kappa shape index (κ2) is 7.86. The van der Waals surface area contributed by atoms with Gasteiger partial charge in [0, 0.05) is 34.5 Å². The van der Waals surface area contributed by atoms with Gasteiger partial charge in [0.15, 0.2) is 0 Å². The molecule has 5 rings (SSSR count). The van der Waals surface area contributed by atoms with Crippen LogP contribution in [0, 0.1) is 0 Å². The standard InChI is InChI=1S/C21H19ClF2N4O4/c22-13-2-1-3-14-11(13)8-16(25-14)19(30)28-7-4-15-12(9-28)17(32-27-15)18(29)26-21(5-6-21)10-31-20(23)24/h1-3,8,20,25H,4-7,9-10H2,(H,26,29). The fourth-order valence-electron chi connectivity index (χ4n) is 3.94. The SMILES string of the molecule is O=C(NC1(COC(F)F)CC1)c1onc2c1CN(C(=O)c1cc3c(Cl)cccc3[nH]1)CC2. The van der Waals surface area contributed by atoms with Crippen molar-refractivity contribution in [2.24, 2.45) is 0 Å². The van der Waals surface area contributed by atoms with Gasteiger partial charge in [0.05, 0.1) is 24.4 Å². The van der Waals surface area contributed by atoms with Crippen LogP contribution in [0.4, 0.5) is 8.78 Å². The number of benzene rings is 1. The molecule has 2 amide bonds. The molecule has 0 spiro atoms. The van der Waals surface area contributed by atoms with Crippen LogP contribution in [0.15, 0.2) is 28.8 Å². The number of halogens is 3. The van der Waals surface area contributed by atoms with Crippen molar-refractivity contribution in [3.8, 4) is 0 Å². The molecule has 1 saturated carbocycles. The molecule has 0 bridgehead atoms. The van der Waals surface area contributed by atoms with Crippen molar-refractivity contribution >= 4 is 34.3 Å². The first kappa shape index (κ1) is 20.9. The third-order valence-electron chi connectivity index (χ3n) is 5.89. The molecule has 3 aromatic rings. The lowest BCUT2D eigenvalue weighted by atomic mass is 10.0. The molecule has 2 aromatic heterocycles. The van der Waals surface area contributed by atoms with Crippen molar-refractivity contribution in [3.63, 3.8) is 0 Å². The Morgan fingerprint density at radius 2 is 2.19 bits per heavy atom. The van der Waals surface area contributed by atoms with Crippen molar-refractivity contribution in [1.29, 1.82) is 0 Å². The Balaban J connectivity index is 1.32. The van der Waals surface area contributed by atoms with E-state index in [9.17, 15) is 18.4 Å². The number of aromatic amines is 1. The van der Waals surface area contributed by atoms with Crippen LogP contribution >= 0.6 is 11.6 Å². The molecule has 0 radical (unpaired) electrons. The van der Waals surface area contributed by atoms with Crippen LogP contribution in [0.1, 0.15) is 45.1 Å². The normalized spacial score (nSPS) is 16.9. The first-order valence-corrected chi connectivity index (χ1v) is 10.5. The van der Waals surface area contributed by atoms with Crippen LogP contribution in [0.3, 0.4) is 0 Å². The van der Waals surface area contributed by atoms with E-state index in [-0.39, 0.29) is 24.8 Å². The third kappa shape index (κ3) is 3.84. The maximum atomic E-state index is 13.1. The van der Waals surface area contributed by atoms with E-state index in [0.29, 0.717) is 47.8 Å². The Morgan fingerprint density at radius 1 is 1.38 bits per heavy atom. The van der Waals surface area contributed by atoms with Crippen molar-refractivity contribution < 1.29 is 27.6 Å². The van der Waals surface area contributed by atoms with Gasteiger partial charge in [-0.1, -0.05) is 22.8 Å². The number of hydrogen-bond donors (Lipinski definition) is 2. The summed E-state index contributed by atoms with van der Waals surface area (Å²) in [4.78, 5) is 30.5. The number of H-pyrrole nitrogens is 1. The van der Waals surface area contributed by atoms with Crippen LogP contribution < -0.4 is 5.32 Å². The Labute approximate surface area is 185 Å². The molecule has 32 heavy (non-hydrogen) atoms. The average molecular weight is 465 g/mol. The van der Waals surface area contributed by atoms with Gasteiger partial charge in [-0.25, -0.2) is 0 Å². The molecule has 1 aliphatic carbocycles. The van der Waals surface area contributed by atoms with Crippen molar-refractivity contribution in [1.82, 2.24) is 20.4 Å². The van der Waals surface area contributed by atoms with E-state index >= 15 is 0 Å². The lowest BCUT2D eigenvalue weighted by Crippen LogP contribution is -2.42. The van der Waals surface area contributed by atoms with Gasteiger partial charge in [-0.2, -0.15) is 8.78 Å². The topological polar surface area (TPSA) is 100 Å². The predicted molar refractivity (Wildman–Crippen MR) is 110 cm³/mol. The molecule has 0 unspecified atom stereocenters. The molecule has 0 atom stereocenters. The van der Waals surface area contributed by atoms with Crippen molar-refractivity contribution in [3.05, 3.63) is 52.0 Å². The van der Waals surface area contributed by atoms with Crippen LogP contribution in [-0.2, 0) is 17.7 Å². The van der Waals surface area contributed by atoms with Gasteiger partial charge in [-0.3, -0.25) is 9.59 Å². The first-order chi connectivity index (χ1) is 15.3. The summed E-state index contributed by atoms with van der Waals surface area (Å²) >= 11 is 6.21. The molecule has 168 valence electrons. The van der Waals surface area contributed by atoms with E-state index in [1.165, 1.54) is 0 Å². The minimum atomic E-state index is -2.90. The predicted octanol–water partition coefficient (Wildman–Crippen LogP) is 3.51. The highest BCUT2D eigenvalue weighted by Crippen LogP contribution is 2.37. The number of fused-ring (bicyclic) bond motifs is 2. The van der Waals surface area contributed by atoms with Gasteiger partial charge >= 0.3 is 6.61 Å². The molecule has 1 fully saturated rings. The van der Waals surface area contributed by atoms with Gasteiger partial charge < -0.3 is 24.5 Å². The van der Waals surface area contributed by atoms with E-state index in [1.807, 2.05) is 6.07 Å². The summed E-state index contributed by atoms with van der Waals surface area (Å²) in [6.45, 7) is -2.62. The van der Waals surface area contributed by atoms with Gasteiger partial charge in [-0.05, 0) is 31.0 Å². The number of ether oxygens (including phenoxy) is 1.